The predicted octanol–water partition coefficient (Wildman–Crippen LogP) is 2.90. The van der Waals surface area contributed by atoms with Crippen molar-refractivity contribution in [3.63, 3.8) is 0 Å². The third kappa shape index (κ3) is 3.33. The number of benzene rings is 1. The van der Waals surface area contributed by atoms with Gasteiger partial charge in [-0.1, -0.05) is 13.3 Å². The van der Waals surface area contributed by atoms with E-state index >= 15 is 0 Å². The SMILES string of the molecule is CCCC(C)Oc1cc(N(C)C)ccc1N. The molecule has 90 valence electrons. The van der Waals surface area contributed by atoms with E-state index in [9.17, 15) is 0 Å². The minimum absolute atomic E-state index is 0.213. The van der Waals surface area contributed by atoms with Gasteiger partial charge in [0.25, 0.3) is 0 Å². The minimum atomic E-state index is 0.213. The average molecular weight is 222 g/mol. The number of hydrogen-bond donors (Lipinski definition) is 1. The van der Waals surface area contributed by atoms with E-state index in [4.69, 9.17) is 10.5 Å². The van der Waals surface area contributed by atoms with Crippen LogP contribution in [0.1, 0.15) is 26.7 Å². The number of rotatable bonds is 5. The van der Waals surface area contributed by atoms with Gasteiger partial charge >= 0.3 is 0 Å². The van der Waals surface area contributed by atoms with Gasteiger partial charge in [-0.3, -0.25) is 0 Å². The zero-order valence-electron chi connectivity index (χ0n) is 10.7. The first-order valence-electron chi connectivity index (χ1n) is 5.78. The zero-order chi connectivity index (χ0) is 12.1. The molecule has 0 bridgehead atoms. The second-order valence-electron chi connectivity index (χ2n) is 4.33. The lowest BCUT2D eigenvalue weighted by molar-refractivity contribution is 0.211. The van der Waals surface area contributed by atoms with Gasteiger partial charge in [0.2, 0.25) is 0 Å². The second-order valence-corrected chi connectivity index (χ2v) is 4.33. The van der Waals surface area contributed by atoms with Crippen LogP contribution in [0.15, 0.2) is 18.2 Å². The van der Waals surface area contributed by atoms with Crippen molar-refractivity contribution in [2.75, 3.05) is 24.7 Å². The van der Waals surface area contributed by atoms with Crippen LogP contribution in [0.25, 0.3) is 0 Å². The van der Waals surface area contributed by atoms with Crippen molar-refractivity contribution in [3.05, 3.63) is 18.2 Å². The van der Waals surface area contributed by atoms with E-state index in [0.29, 0.717) is 5.69 Å². The molecule has 3 nitrogen and oxygen atoms in total. The van der Waals surface area contributed by atoms with Gasteiger partial charge in [-0.15, -0.1) is 0 Å². The van der Waals surface area contributed by atoms with E-state index in [1.54, 1.807) is 0 Å². The quantitative estimate of drug-likeness (QED) is 0.778. The molecule has 3 heteroatoms. The van der Waals surface area contributed by atoms with Crippen LogP contribution < -0.4 is 15.4 Å². The Morgan fingerprint density at radius 2 is 2.06 bits per heavy atom. The van der Waals surface area contributed by atoms with Crippen molar-refractivity contribution in [1.29, 1.82) is 0 Å². The number of nitrogen functional groups attached to an aromatic ring is 1. The molecule has 0 saturated carbocycles. The number of ether oxygens (including phenoxy) is 1. The molecule has 1 aromatic carbocycles. The highest BCUT2D eigenvalue weighted by atomic mass is 16.5. The molecule has 0 spiro atoms. The van der Waals surface area contributed by atoms with Crippen molar-refractivity contribution in [2.24, 2.45) is 0 Å². The fourth-order valence-electron chi connectivity index (χ4n) is 1.59. The van der Waals surface area contributed by atoms with Gasteiger partial charge in [0.05, 0.1) is 11.8 Å². The molecule has 0 heterocycles. The maximum absolute atomic E-state index is 5.89. The third-order valence-electron chi connectivity index (χ3n) is 2.54. The van der Waals surface area contributed by atoms with Crippen molar-refractivity contribution < 1.29 is 4.74 Å². The summed E-state index contributed by atoms with van der Waals surface area (Å²) in [6.45, 7) is 4.23. The summed E-state index contributed by atoms with van der Waals surface area (Å²) in [6.07, 6.45) is 2.38. The smallest absolute Gasteiger partial charge is 0.144 e. The monoisotopic (exact) mass is 222 g/mol. The van der Waals surface area contributed by atoms with Crippen LogP contribution in [0.4, 0.5) is 11.4 Å². The van der Waals surface area contributed by atoms with Crippen molar-refractivity contribution in [1.82, 2.24) is 0 Å². The molecule has 16 heavy (non-hydrogen) atoms. The van der Waals surface area contributed by atoms with Gasteiger partial charge in [0, 0.05) is 25.8 Å². The van der Waals surface area contributed by atoms with Crippen LogP contribution in [-0.4, -0.2) is 20.2 Å². The molecule has 0 saturated heterocycles. The minimum Gasteiger partial charge on any atom is -0.488 e. The first-order chi connectivity index (χ1) is 7.54. The van der Waals surface area contributed by atoms with Gasteiger partial charge in [0.15, 0.2) is 0 Å². The number of hydrogen-bond acceptors (Lipinski definition) is 3. The van der Waals surface area contributed by atoms with Gasteiger partial charge in [-0.2, -0.15) is 0 Å². The lowest BCUT2D eigenvalue weighted by Gasteiger charge is -2.18. The van der Waals surface area contributed by atoms with E-state index in [1.165, 1.54) is 0 Å². The van der Waals surface area contributed by atoms with Crippen LogP contribution in [-0.2, 0) is 0 Å². The fraction of sp³-hybridized carbons (Fsp3) is 0.538. The summed E-state index contributed by atoms with van der Waals surface area (Å²) in [5.74, 6) is 0.784. The summed E-state index contributed by atoms with van der Waals surface area (Å²) in [5.41, 5.74) is 7.70. The molecule has 0 aliphatic heterocycles. The predicted molar refractivity (Wildman–Crippen MR) is 70.2 cm³/mol. The van der Waals surface area contributed by atoms with E-state index in [-0.39, 0.29) is 6.10 Å². The first kappa shape index (κ1) is 12.7. The summed E-state index contributed by atoms with van der Waals surface area (Å²) in [6, 6.07) is 5.87. The lowest BCUT2D eigenvalue weighted by atomic mass is 10.2. The summed E-state index contributed by atoms with van der Waals surface area (Å²) in [4.78, 5) is 2.04. The number of anilines is 2. The third-order valence-corrected chi connectivity index (χ3v) is 2.54. The zero-order valence-corrected chi connectivity index (χ0v) is 10.7. The maximum Gasteiger partial charge on any atom is 0.144 e. The molecule has 0 radical (unpaired) electrons. The molecule has 2 N–H and O–H groups in total. The molecule has 1 atom stereocenters. The molecule has 0 amide bonds. The number of nitrogens with two attached hydrogens (primary N) is 1. The fourth-order valence-corrected chi connectivity index (χ4v) is 1.59. The largest absolute Gasteiger partial charge is 0.488 e. The van der Waals surface area contributed by atoms with Gasteiger partial charge < -0.3 is 15.4 Å². The van der Waals surface area contributed by atoms with Gasteiger partial charge in [-0.25, -0.2) is 0 Å². The van der Waals surface area contributed by atoms with Crippen molar-refractivity contribution in [2.45, 2.75) is 32.8 Å². The Labute approximate surface area is 98.2 Å². The summed E-state index contributed by atoms with van der Waals surface area (Å²) >= 11 is 0. The molecule has 0 fully saturated rings. The van der Waals surface area contributed by atoms with E-state index in [1.807, 2.05) is 37.2 Å². The van der Waals surface area contributed by atoms with Crippen molar-refractivity contribution in [3.8, 4) is 5.75 Å². The Hall–Kier alpha value is -1.38. The first-order valence-corrected chi connectivity index (χ1v) is 5.78. The molecule has 1 aromatic rings. The van der Waals surface area contributed by atoms with Gasteiger partial charge in [0.1, 0.15) is 5.75 Å². The van der Waals surface area contributed by atoms with Crippen LogP contribution >= 0.6 is 0 Å². The summed E-state index contributed by atoms with van der Waals surface area (Å²) in [5, 5.41) is 0. The normalized spacial score (nSPS) is 12.2. The number of nitrogens with zero attached hydrogens (tertiary/aromatic N) is 1. The Balaban J connectivity index is 2.81. The van der Waals surface area contributed by atoms with Crippen LogP contribution in [0.3, 0.4) is 0 Å². The van der Waals surface area contributed by atoms with Crippen LogP contribution in [0, 0.1) is 0 Å². The Bertz CT molecular complexity index is 337. The molecule has 0 aliphatic rings. The lowest BCUT2D eigenvalue weighted by Crippen LogP contribution is -2.13. The van der Waals surface area contributed by atoms with Crippen molar-refractivity contribution >= 4 is 11.4 Å². The Morgan fingerprint density at radius 1 is 1.38 bits per heavy atom. The molecular formula is C13H22N2O. The molecule has 1 unspecified atom stereocenters. The van der Waals surface area contributed by atoms with Crippen LogP contribution in [0.2, 0.25) is 0 Å². The highest BCUT2D eigenvalue weighted by molar-refractivity contribution is 5.61. The van der Waals surface area contributed by atoms with Crippen LogP contribution in [0.5, 0.6) is 5.75 Å². The van der Waals surface area contributed by atoms with E-state index in [0.717, 1.165) is 24.3 Å². The Kier molecular flexibility index (Phi) is 4.47. The maximum atomic E-state index is 5.89. The van der Waals surface area contributed by atoms with Gasteiger partial charge in [-0.05, 0) is 25.5 Å². The highest BCUT2D eigenvalue weighted by Gasteiger charge is 2.07. The highest BCUT2D eigenvalue weighted by Crippen LogP contribution is 2.28. The molecule has 0 aliphatic carbocycles. The average Bonchev–Trinajstić information content (AvgIpc) is 2.21. The van der Waals surface area contributed by atoms with E-state index in [2.05, 4.69) is 13.8 Å². The van der Waals surface area contributed by atoms with E-state index < -0.39 is 0 Å². The second kappa shape index (κ2) is 5.64. The molecule has 0 aromatic heterocycles. The molecular weight excluding hydrogens is 200 g/mol. The molecule has 1 rings (SSSR count). The topological polar surface area (TPSA) is 38.5 Å². The summed E-state index contributed by atoms with van der Waals surface area (Å²) in [7, 11) is 4.01. The summed E-state index contributed by atoms with van der Waals surface area (Å²) < 4.78 is 5.82. The standard InChI is InChI=1S/C13H22N2O/c1-5-6-10(2)16-13-9-11(15(3)4)7-8-12(13)14/h7-10H,5-6,14H2,1-4H3. The Morgan fingerprint density at radius 3 is 2.62 bits per heavy atom.